The van der Waals surface area contributed by atoms with Gasteiger partial charge in [0.05, 0.1) is 0 Å². The fourth-order valence-electron chi connectivity index (χ4n) is 1.36. The minimum absolute atomic E-state index is 0.145. The van der Waals surface area contributed by atoms with Gasteiger partial charge in [0, 0.05) is 12.5 Å². The lowest BCUT2D eigenvalue weighted by molar-refractivity contribution is 0.0167. The summed E-state index contributed by atoms with van der Waals surface area (Å²) in [6.45, 7) is 4.61. The minimum Gasteiger partial charge on any atom is -0.202 e. The Hall–Kier alpha value is -0.920. The lowest BCUT2D eigenvalue weighted by Gasteiger charge is -2.14. The molecule has 0 nitrogen and oxygen atoms in total. The summed E-state index contributed by atoms with van der Waals surface area (Å²) in [6, 6.07) is 5.24. The van der Waals surface area contributed by atoms with Crippen molar-refractivity contribution in [3.63, 3.8) is 0 Å². The molecule has 0 bridgehead atoms. The third kappa shape index (κ3) is 2.27. The molecule has 72 valence electrons. The molecule has 0 saturated carbocycles. The number of halogens is 2. The summed E-state index contributed by atoms with van der Waals surface area (Å²) >= 11 is 0. The van der Waals surface area contributed by atoms with E-state index in [0.29, 0.717) is 5.56 Å². The molecule has 0 aromatic heterocycles. The van der Waals surface area contributed by atoms with E-state index in [0.717, 1.165) is 18.9 Å². The third-order valence-corrected chi connectivity index (χ3v) is 2.18. The van der Waals surface area contributed by atoms with Gasteiger partial charge in [-0.05, 0) is 30.5 Å². The lowest BCUT2D eigenvalue weighted by atomic mass is 9.99. The van der Waals surface area contributed by atoms with Gasteiger partial charge in [0.2, 0.25) is 0 Å². The van der Waals surface area contributed by atoms with Crippen molar-refractivity contribution in [2.75, 3.05) is 0 Å². The number of hydrogen-bond donors (Lipinski definition) is 0. The molecule has 0 unspecified atom stereocenters. The van der Waals surface area contributed by atoms with Gasteiger partial charge in [-0.1, -0.05) is 19.1 Å². The highest BCUT2D eigenvalue weighted by Crippen LogP contribution is 2.30. The van der Waals surface area contributed by atoms with Gasteiger partial charge in [-0.25, -0.2) is 8.78 Å². The molecule has 0 amide bonds. The molecule has 0 fully saturated rings. The number of alkyl halides is 2. The molecular formula is C11H14F2. The Morgan fingerprint density at radius 1 is 1.31 bits per heavy atom. The Kier molecular flexibility index (Phi) is 2.69. The van der Waals surface area contributed by atoms with Crippen molar-refractivity contribution in [1.82, 2.24) is 0 Å². The van der Waals surface area contributed by atoms with Gasteiger partial charge in [-0.15, -0.1) is 0 Å². The van der Waals surface area contributed by atoms with Crippen LogP contribution >= 0.6 is 0 Å². The van der Waals surface area contributed by atoms with Crippen molar-refractivity contribution >= 4 is 0 Å². The maximum Gasteiger partial charge on any atom is 0.270 e. The molecule has 0 atom stereocenters. The van der Waals surface area contributed by atoms with E-state index in [4.69, 9.17) is 0 Å². The van der Waals surface area contributed by atoms with Crippen LogP contribution in [0.3, 0.4) is 0 Å². The van der Waals surface area contributed by atoms with Gasteiger partial charge < -0.3 is 0 Å². The molecule has 0 radical (unpaired) electrons. The highest BCUT2D eigenvalue weighted by atomic mass is 19.3. The summed E-state index contributed by atoms with van der Waals surface area (Å²) in [5.74, 6) is -2.73. The van der Waals surface area contributed by atoms with Crippen molar-refractivity contribution in [1.29, 1.82) is 0 Å². The average molecular weight is 184 g/mol. The van der Waals surface area contributed by atoms with E-state index >= 15 is 0 Å². The SMILES string of the molecule is CCc1ccc(C)c(C(C)(F)F)c1. The van der Waals surface area contributed by atoms with E-state index in [-0.39, 0.29) is 5.56 Å². The summed E-state index contributed by atoms with van der Waals surface area (Å²) in [5, 5.41) is 0. The van der Waals surface area contributed by atoms with E-state index in [2.05, 4.69) is 0 Å². The highest BCUT2D eigenvalue weighted by Gasteiger charge is 2.26. The topological polar surface area (TPSA) is 0 Å². The smallest absolute Gasteiger partial charge is 0.202 e. The molecule has 0 heterocycles. The number of rotatable bonds is 2. The summed E-state index contributed by atoms with van der Waals surface area (Å²) in [5.41, 5.74) is 1.76. The molecule has 0 aliphatic carbocycles. The molecule has 0 N–H and O–H groups in total. The van der Waals surface area contributed by atoms with Crippen LogP contribution in [0.1, 0.15) is 30.5 Å². The van der Waals surface area contributed by atoms with Crippen LogP contribution < -0.4 is 0 Å². The Bertz CT molecular complexity index is 297. The van der Waals surface area contributed by atoms with Crippen molar-refractivity contribution in [3.8, 4) is 0 Å². The van der Waals surface area contributed by atoms with Crippen LogP contribution in [0.15, 0.2) is 18.2 Å². The van der Waals surface area contributed by atoms with Crippen molar-refractivity contribution in [3.05, 3.63) is 34.9 Å². The second kappa shape index (κ2) is 3.44. The fraction of sp³-hybridized carbons (Fsp3) is 0.455. The molecule has 1 aromatic carbocycles. The number of aryl methyl sites for hydroxylation is 2. The van der Waals surface area contributed by atoms with E-state index < -0.39 is 5.92 Å². The largest absolute Gasteiger partial charge is 0.270 e. The lowest BCUT2D eigenvalue weighted by Crippen LogP contribution is -2.09. The zero-order valence-corrected chi connectivity index (χ0v) is 8.20. The van der Waals surface area contributed by atoms with E-state index in [1.165, 1.54) is 0 Å². The van der Waals surface area contributed by atoms with Gasteiger partial charge in [0.25, 0.3) is 5.92 Å². The molecule has 2 heteroatoms. The standard InChI is InChI=1S/C11H14F2/c1-4-9-6-5-8(2)10(7-9)11(3,12)13/h5-7H,4H2,1-3H3. The summed E-state index contributed by atoms with van der Waals surface area (Å²) in [4.78, 5) is 0. The molecule has 0 saturated heterocycles. The Labute approximate surface area is 77.6 Å². The second-order valence-corrected chi connectivity index (χ2v) is 3.39. The highest BCUT2D eigenvalue weighted by molar-refractivity contribution is 5.33. The maximum absolute atomic E-state index is 13.0. The zero-order valence-electron chi connectivity index (χ0n) is 8.20. The predicted molar refractivity (Wildman–Crippen MR) is 50.1 cm³/mol. The molecule has 13 heavy (non-hydrogen) atoms. The average Bonchev–Trinajstić information content (AvgIpc) is 2.03. The number of benzene rings is 1. The maximum atomic E-state index is 13.0. The Morgan fingerprint density at radius 3 is 2.38 bits per heavy atom. The van der Waals surface area contributed by atoms with E-state index in [9.17, 15) is 8.78 Å². The van der Waals surface area contributed by atoms with Gasteiger partial charge in [-0.3, -0.25) is 0 Å². The molecule has 0 spiro atoms. The van der Waals surface area contributed by atoms with Crippen molar-refractivity contribution < 1.29 is 8.78 Å². The third-order valence-electron chi connectivity index (χ3n) is 2.18. The molecule has 1 aromatic rings. The summed E-state index contributed by atoms with van der Waals surface area (Å²) in [6.07, 6.45) is 0.795. The van der Waals surface area contributed by atoms with Gasteiger partial charge in [-0.2, -0.15) is 0 Å². The van der Waals surface area contributed by atoms with Crippen LogP contribution in [0.2, 0.25) is 0 Å². The van der Waals surface area contributed by atoms with Crippen LogP contribution in [-0.4, -0.2) is 0 Å². The number of hydrogen-bond acceptors (Lipinski definition) is 0. The van der Waals surface area contributed by atoms with Gasteiger partial charge in [0.15, 0.2) is 0 Å². The van der Waals surface area contributed by atoms with Gasteiger partial charge in [0.1, 0.15) is 0 Å². The Morgan fingerprint density at radius 2 is 1.92 bits per heavy atom. The predicted octanol–water partition coefficient (Wildman–Crippen LogP) is 3.67. The van der Waals surface area contributed by atoms with Crippen LogP contribution in [0.4, 0.5) is 8.78 Å². The molecule has 0 aliphatic rings. The van der Waals surface area contributed by atoms with Gasteiger partial charge >= 0.3 is 0 Å². The molecular weight excluding hydrogens is 170 g/mol. The normalized spacial score (nSPS) is 11.8. The summed E-state index contributed by atoms with van der Waals surface area (Å²) in [7, 11) is 0. The van der Waals surface area contributed by atoms with Crippen LogP contribution in [0.5, 0.6) is 0 Å². The van der Waals surface area contributed by atoms with E-state index in [1.54, 1.807) is 19.1 Å². The van der Waals surface area contributed by atoms with Crippen molar-refractivity contribution in [2.24, 2.45) is 0 Å². The Balaban J connectivity index is 3.19. The first-order chi connectivity index (χ1) is 5.95. The van der Waals surface area contributed by atoms with Crippen LogP contribution in [0, 0.1) is 6.92 Å². The second-order valence-electron chi connectivity index (χ2n) is 3.39. The van der Waals surface area contributed by atoms with E-state index in [1.807, 2.05) is 13.0 Å². The van der Waals surface area contributed by atoms with Crippen LogP contribution in [-0.2, 0) is 12.3 Å². The first-order valence-corrected chi connectivity index (χ1v) is 4.43. The quantitative estimate of drug-likeness (QED) is 0.657. The monoisotopic (exact) mass is 184 g/mol. The molecule has 0 aliphatic heterocycles. The zero-order chi connectivity index (χ0) is 10.1. The minimum atomic E-state index is -2.73. The molecule has 1 rings (SSSR count). The first-order valence-electron chi connectivity index (χ1n) is 4.43. The van der Waals surface area contributed by atoms with Crippen LogP contribution in [0.25, 0.3) is 0 Å². The van der Waals surface area contributed by atoms with Crippen molar-refractivity contribution in [2.45, 2.75) is 33.1 Å². The fourth-order valence-corrected chi connectivity index (χ4v) is 1.36. The summed E-state index contributed by atoms with van der Waals surface area (Å²) < 4.78 is 26.1. The first kappa shape index (κ1) is 10.2.